The van der Waals surface area contributed by atoms with Crippen molar-refractivity contribution in [2.24, 2.45) is 0 Å². The largest absolute Gasteiger partial charge is 0.478 e. The SMILES string of the molecule is COC(=O)C(C)NS(=O)(=O)c1[nH]ncc1C(=O)O. The Bertz CT molecular complexity index is 563. The lowest BCUT2D eigenvalue weighted by atomic mass is 10.4. The number of aromatic amines is 1. The molecule has 9 nitrogen and oxygen atoms in total. The molecule has 18 heavy (non-hydrogen) atoms. The summed E-state index contributed by atoms with van der Waals surface area (Å²) in [6.45, 7) is 1.26. The van der Waals surface area contributed by atoms with Gasteiger partial charge in [-0.2, -0.15) is 9.82 Å². The van der Waals surface area contributed by atoms with Crippen LogP contribution in [-0.2, 0) is 19.6 Å². The van der Waals surface area contributed by atoms with Crippen molar-refractivity contribution in [1.82, 2.24) is 14.9 Å². The average Bonchev–Trinajstić information content (AvgIpc) is 2.76. The van der Waals surface area contributed by atoms with Crippen LogP contribution >= 0.6 is 0 Å². The predicted molar refractivity (Wildman–Crippen MR) is 57.3 cm³/mol. The van der Waals surface area contributed by atoms with Crippen molar-refractivity contribution in [3.05, 3.63) is 11.8 Å². The summed E-state index contributed by atoms with van der Waals surface area (Å²) in [6, 6.07) is -1.15. The van der Waals surface area contributed by atoms with Gasteiger partial charge >= 0.3 is 11.9 Å². The van der Waals surface area contributed by atoms with E-state index in [1.54, 1.807) is 0 Å². The van der Waals surface area contributed by atoms with E-state index in [9.17, 15) is 18.0 Å². The number of nitrogens with one attached hydrogen (secondary N) is 2. The smallest absolute Gasteiger partial charge is 0.340 e. The zero-order chi connectivity index (χ0) is 13.9. The summed E-state index contributed by atoms with van der Waals surface area (Å²) in [7, 11) is -3.09. The fraction of sp³-hybridized carbons (Fsp3) is 0.375. The van der Waals surface area contributed by atoms with Crippen LogP contribution in [-0.4, -0.2) is 48.8 Å². The zero-order valence-electron chi connectivity index (χ0n) is 9.50. The van der Waals surface area contributed by atoms with Crippen molar-refractivity contribution in [3.63, 3.8) is 0 Å². The first-order chi connectivity index (χ1) is 8.29. The first kappa shape index (κ1) is 14.1. The minimum atomic E-state index is -4.20. The number of sulfonamides is 1. The fourth-order valence-electron chi connectivity index (χ4n) is 1.15. The summed E-state index contributed by atoms with van der Waals surface area (Å²) >= 11 is 0. The van der Waals surface area contributed by atoms with Gasteiger partial charge in [0, 0.05) is 0 Å². The van der Waals surface area contributed by atoms with E-state index in [4.69, 9.17) is 5.11 Å². The number of nitrogens with zero attached hydrogens (tertiary/aromatic N) is 1. The highest BCUT2D eigenvalue weighted by molar-refractivity contribution is 7.89. The van der Waals surface area contributed by atoms with E-state index in [1.165, 1.54) is 6.92 Å². The van der Waals surface area contributed by atoms with Gasteiger partial charge in [0.05, 0.1) is 13.3 Å². The standard InChI is InChI=1S/C8H11N3O6S/c1-4(8(14)17-2)11-18(15,16)6-5(7(12)13)3-9-10-6/h3-4,11H,1-2H3,(H,9,10)(H,12,13). The third kappa shape index (κ3) is 2.84. The van der Waals surface area contributed by atoms with Crippen LogP contribution in [0.1, 0.15) is 17.3 Å². The first-order valence-electron chi connectivity index (χ1n) is 4.66. The highest BCUT2D eigenvalue weighted by Crippen LogP contribution is 2.12. The third-order valence-corrected chi connectivity index (χ3v) is 3.50. The van der Waals surface area contributed by atoms with Crippen molar-refractivity contribution in [1.29, 1.82) is 0 Å². The van der Waals surface area contributed by atoms with Crippen LogP contribution in [0.15, 0.2) is 11.2 Å². The Labute approximate surface area is 102 Å². The Morgan fingerprint density at radius 2 is 2.17 bits per heavy atom. The fourth-order valence-corrected chi connectivity index (χ4v) is 2.43. The highest BCUT2D eigenvalue weighted by Gasteiger charge is 2.28. The van der Waals surface area contributed by atoms with Crippen LogP contribution in [0.4, 0.5) is 0 Å². The summed E-state index contributed by atoms with van der Waals surface area (Å²) in [5, 5.41) is 13.5. The van der Waals surface area contributed by atoms with Gasteiger partial charge in [0.1, 0.15) is 11.6 Å². The topological polar surface area (TPSA) is 138 Å². The lowest BCUT2D eigenvalue weighted by Gasteiger charge is -2.11. The van der Waals surface area contributed by atoms with E-state index in [1.807, 2.05) is 4.72 Å². The lowest BCUT2D eigenvalue weighted by molar-refractivity contribution is -0.142. The molecule has 0 aliphatic heterocycles. The molecule has 1 rings (SSSR count). The van der Waals surface area contributed by atoms with Gasteiger partial charge in [-0.05, 0) is 6.92 Å². The maximum atomic E-state index is 11.8. The molecule has 0 aromatic carbocycles. The molecule has 0 saturated heterocycles. The molecule has 1 atom stereocenters. The minimum Gasteiger partial charge on any atom is -0.478 e. The molecular weight excluding hydrogens is 266 g/mol. The van der Waals surface area contributed by atoms with Gasteiger partial charge in [0.15, 0.2) is 5.03 Å². The van der Waals surface area contributed by atoms with Gasteiger partial charge < -0.3 is 9.84 Å². The average molecular weight is 277 g/mol. The third-order valence-electron chi connectivity index (χ3n) is 1.99. The summed E-state index contributed by atoms with van der Waals surface area (Å²) in [4.78, 5) is 21.8. The number of aromatic nitrogens is 2. The maximum Gasteiger partial charge on any atom is 0.340 e. The molecule has 0 radical (unpaired) electrons. The van der Waals surface area contributed by atoms with Gasteiger partial charge in [0.2, 0.25) is 0 Å². The van der Waals surface area contributed by atoms with Crippen LogP contribution in [0.25, 0.3) is 0 Å². The predicted octanol–water partition coefficient (Wildman–Crippen LogP) is -1.05. The Morgan fingerprint density at radius 3 is 2.67 bits per heavy atom. The van der Waals surface area contributed by atoms with E-state index in [0.717, 1.165) is 13.3 Å². The minimum absolute atomic E-state index is 0.514. The van der Waals surface area contributed by atoms with E-state index in [0.29, 0.717) is 0 Å². The van der Waals surface area contributed by atoms with Gasteiger partial charge in [-0.25, -0.2) is 13.2 Å². The zero-order valence-corrected chi connectivity index (χ0v) is 10.3. The van der Waals surface area contributed by atoms with E-state index >= 15 is 0 Å². The molecule has 0 aliphatic carbocycles. The first-order valence-corrected chi connectivity index (χ1v) is 6.14. The van der Waals surface area contributed by atoms with Gasteiger partial charge in [-0.15, -0.1) is 0 Å². The molecule has 0 spiro atoms. The molecule has 0 fully saturated rings. The molecule has 3 N–H and O–H groups in total. The number of ether oxygens (including phenoxy) is 1. The number of carbonyl (C=O) groups excluding carboxylic acids is 1. The number of esters is 1. The second-order valence-electron chi connectivity index (χ2n) is 3.28. The van der Waals surface area contributed by atoms with Crippen molar-refractivity contribution in [2.45, 2.75) is 18.0 Å². The second-order valence-corrected chi connectivity index (χ2v) is 4.93. The van der Waals surface area contributed by atoms with Gasteiger partial charge in [-0.3, -0.25) is 9.89 Å². The lowest BCUT2D eigenvalue weighted by Crippen LogP contribution is -2.39. The highest BCUT2D eigenvalue weighted by atomic mass is 32.2. The van der Waals surface area contributed by atoms with Gasteiger partial charge in [-0.1, -0.05) is 0 Å². The number of aromatic carboxylic acids is 1. The van der Waals surface area contributed by atoms with Crippen LogP contribution in [0, 0.1) is 0 Å². The molecule has 0 amide bonds. The summed E-state index contributed by atoms with van der Waals surface area (Å²) in [5.41, 5.74) is -0.514. The number of hydrogen-bond donors (Lipinski definition) is 3. The molecule has 1 unspecified atom stereocenters. The second kappa shape index (κ2) is 5.14. The van der Waals surface area contributed by atoms with Crippen molar-refractivity contribution < 1.29 is 27.9 Å². The van der Waals surface area contributed by atoms with Crippen LogP contribution in [0.5, 0.6) is 0 Å². The summed E-state index contributed by atoms with van der Waals surface area (Å²) in [6.07, 6.45) is 0.861. The normalized spacial score (nSPS) is 13.0. The quantitative estimate of drug-likeness (QED) is 0.583. The van der Waals surface area contributed by atoms with Crippen LogP contribution in [0.3, 0.4) is 0 Å². The summed E-state index contributed by atoms with van der Waals surface area (Å²) < 4.78 is 29.9. The summed E-state index contributed by atoms with van der Waals surface area (Å²) in [5.74, 6) is -2.25. The monoisotopic (exact) mass is 277 g/mol. The number of H-pyrrole nitrogens is 1. The Kier molecular flexibility index (Phi) is 4.03. The van der Waals surface area contributed by atoms with E-state index in [-0.39, 0.29) is 0 Å². The number of carboxylic acids is 1. The Morgan fingerprint density at radius 1 is 1.56 bits per heavy atom. The van der Waals surface area contributed by atoms with Crippen LogP contribution < -0.4 is 4.72 Å². The van der Waals surface area contributed by atoms with E-state index < -0.39 is 38.6 Å². The van der Waals surface area contributed by atoms with E-state index in [2.05, 4.69) is 14.9 Å². The van der Waals surface area contributed by atoms with Crippen molar-refractivity contribution >= 4 is 22.0 Å². The molecule has 100 valence electrons. The number of carbonyl (C=O) groups is 2. The molecule has 0 aliphatic rings. The van der Waals surface area contributed by atoms with Crippen molar-refractivity contribution in [2.75, 3.05) is 7.11 Å². The Hall–Kier alpha value is -1.94. The molecule has 0 bridgehead atoms. The molecular formula is C8H11N3O6S. The molecule has 1 aromatic rings. The van der Waals surface area contributed by atoms with Crippen molar-refractivity contribution in [3.8, 4) is 0 Å². The Balaban J connectivity index is 3.04. The number of methoxy groups -OCH3 is 1. The molecule has 1 aromatic heterocycles. The molecule has 10 heteroatoms. The number of hydrogen-bond acceptors (Lipinski definition) is 6. The number of carboxylic acid groups (broad SMARTS) is 1. The molecule has 0 saturated carbocycles. The number of rotatable bonds is 5. The maximum absolute atomic E-state index is 11.8. The van der Waals surface area contributed by atoms with Crippen LogP contribution in [0.2, 0.25) is 0 Å². The molecule has 1 heterocycles. The van der Waals surface area contributed by atoms with Gasteiger partial charge in [0.25, 0.3) is 10.0 Å².